The fourth-order valence-electron chi connectivity index (χ4n) is 1.99. The SMILES string of the molecule is CC=CC=CCC.CCP(CC)(CC)=NC1=CC=CC1.[Ti]. The summed E-state index contributed by atoms with van der Waals surface area (Å²) >= 11 is 0. The van der Waals surface area contributed by atoms with Gasteiger partial charge in [-0.15, -0.1) is 0 Å². The molecule has 21 heavy (non-hydrogen) atoms. The molecule has 0 saturated carbocycles. The van der Waals surface area contributed by atoms with Crippen LogP contribution in [0.1, 0.15) is 47.5 Å². The van der Waals surface area contributed by atoms with Gasteiger partial charge in [-0.05, 0) is 45.0 Å². The molecule has 0 N–H and O–H groups in total. The van der Waals surface area contributed by atoms with Crippen molar-refractivity contribution in [1.82, 2.24) is 0 Å². The quantitative estimate of drug-likeness (QED) is 0.292. The van der Waals surface area contributed by atoms with Gasteiger partial charge in [0.15, 0.2) is 0 Å². The third-order valence-corrected chi connectivity index (χ3v) is 7.75. The summed E-state index contributed by atoms with van der Waals surface area (Å²) in [6, 6.07) is 0. The van der Waals surface area contributed by atoms with Gasteiger partial charge >= 0.3 is 0 Å². The first kappa shape index (κ1) is 23.2. The van der Waals surface area contributed by atoms with Crippen molar-refractivity contribution in [3.8, 4) is 0 Å². The van der Waals surface area contributed by atoms with Crippen LogP contribution in [0.5, 0.6) is 0 Å². The first-order valence-corrected chi connectivity index (χ1v) is 10.2. The fourth-order valence-corrected chi connectivity index (χ4v) is 4.45. The molecule has 0 amide bonds. The molecule has 1 rings (SSSR count). The van der Waals surface area contributed by atoms with Crippen LogP contribution in [0.15, 0.2) is 53.0 Å². The van der Waals surface area contributed by atoms with Crippen LogP contribution in [0.2, 0.25) is 0 Å². The van der Waals surface area contributed by atoms with E-state index in [4.69, 9.17) is 4.74 Å². The minimum Gasteiger partial charge on any atom is -0.272 e. The van der Waals surface area contributed by atoms with Gasteiger partial charge in [0.1, 0.15) is 0 Å². The molecule has 0 unspecified atom stereocenters. The van der Waals surface area contributed by atoms with E-state index in [0.29, 0.717) is 0 Å². The summed E-state index contributed by atoms with van der Waals surface area (Å²) in [5, 5.41) is 0. The predicted octanol–water partition coefficient (Wildman–Crippen LogP) is 6.62. The Balaban J connectivity index is 0. The Morgan fingerprint density at radius 2 is 1.71 bits per heavy atom. The second-order valence-corrected chi connectivity index (χ2v) is 9.08. The third-order valence-electron chi connectivity index (χ3n) is 3.53. The molecule has 0 spiro atoms. The molecule has 0 fully saturated rings. The second-order valence-electron chi connectivity index (χ2n) is 4.80. The normalized spacial score (nSPS) is 13.9. The maximum absolute atomic E-state index is 4.97. The molecule has 1 aliphatic rings. The minimum absolute atomic E-state index is 0. The smallest absolute Gasteiger partial charge is 0.0425 e. The molecule has 0 aromatic carbocycles. The van der Waals surface area contributed by atoms with E-state index in [1.54, 1.807) is 0 Å². The summed E-state index contributed by atoms with van der Waals surface area (Å²) in [4.78, 5) is 0. The molecule has 3 heteroatoms. The van der Waals surface area contributed by atoms with Crippen molar-refractivity contribution in [2.75, 3.05) is 18.5 Å². The number of nitrogens with zero attached hydrogens (tertiary/aromatic N) is 1. The van der Waals surface area contributed by atoms with Crippen molar-refractivity contribution in [2.24, 2.45) is 4.74 Å². The Kier molecular flexibility index (Phi) is 16.4. The maximum atomic E-state index is 4.97. The van der Waals surface area contributed by atoms with E-state index in [1.807, 2.05) is 19.1 Å². The molecule has 0 bridgehead atoms. The molecule has 118 valence electrons. The average molecular weight is 341 g/mol. The van der Waals surface area contributed by atoms with Crippen molar-refractivity contribution < 1.29 is 21.7 Å². The summed E-state index contributed by atoms with van der Waals surface area (Å²) in [7, 11) is -0.971. The van der Waals surface area contributed by atoms with Crippen molar-refractivity contribution in [1.29, 1.82) is 0 Å². The zero-order chi connectivity index (χ0) is 15.3. The third kappa shape index (κ3) is 10.3. The Labute approximate surface area is 147 Å². The van der Waals surface area contributed by atoms with E-state index < -0.39 is 7.05 Å². The van der Waals surface area contributed by atoms with Crippen LogP contribution in [-0.4, -0.2) is 18.5 Å². The van der Waals surface area contributed by atoms with Crippen molar-refractivity contribution in [2.45, 2.75) is 47.5 Å². The topological polar surface area (TPSA) is 12.4 Å². The molecular formula is C18H32NPTi. The summed E-state index contributed by atoms with van der Waals surface area (Å²) in [6.07, 6.45) is 20.7. The van der Waals surface area contributed by atoms with Crippen LogP contribution in [0, 0.1) is 0 Å². The van der Waals surface area contributed by atoms with Gasteiger partial charge in [0.05, 0.1) is 0 Å². The van der Waals surface area contributed by atoms with Gasteiger partial charge in [0, 0.05) is 33.8 Å². The Hall–Kier alpha value is -0.0957. The molecule has 1 aliphatic carbocycles. The van der Waals surface area contributed by atoms with Crippen molar-refractivity contribution in [3.05, 3.63) is 48.2 Å². The average Bonchev–Trinajstić information content (AvgIpc) is 2.99. The first-order valence-electron chi connectivity index (χ1n) is 7.90. The summed E-state index contributed by atoms with van der Waals surface area (Å²) in [6.45, 7) is 11.0. The fraction of sp³-hybridized carbons (Fsp3) is 0.556. The molecular weight excluding hydrogens is 309 g/mol. The van der Waals surface area contributed by atoms with Crippen LogP contribution in [-0.2, 0) is 21.7 Å². The number of hydrogen-bond acceptors (Lipinski definition) is 1. The van der Waals surface area contributed by atoms with E-state index >= 15 is 0 Å². The number of allylic oxidation sites excluding steroid dienone is 7. The van der Waals surface area contributed by atoms with Crippen molar-refractivity contribution in [3.63, 3.8) is 0 Å². The summed E-state index contributed by atoms with van der Waals surface area (Å²) < 4.78 is 4.97. The van der Waals surface area contributed by atoms with Crippen LogP contribution in [0.25, 0.3) is 0 Å². The molecule has 0 aliphatic heterocycles. The van der Waals surface area contributed by atoms with Crippen molar-refractivity contribution >= 4 is 7.05 Å². The zero-order valence-corrected chi connectivity index (χ0v) is 16.9. The zero-order valence-electron chi connectivity index (χ0n) is 14.5. The Bertz CT molecular complexity index is 398. The Morgan fingerprint density at radius 3 is 2.10 bits per heavy atom. The molecule has 0 aromatic rings. The molecule has 0 saturated heterocycles. The van der Waals surface area contributed by atoms with Gasteiger partial charge < -0.3 is 0 Å². The van der Waals surface area contributed by atoms with E-state index in [1.165, 1.54) is 24.2 Å². The molecule has 0 aromatic heterocycles. The van der Waals surface area contributed by atoms with Crippen LogP contribution < -0.4 is 0 Å². The van der Waals surface area contributed by atoms with Gasteiger partial charge in [0.25, 0.3) is 0 Å². The van der Waals surface area contributed by atoms with E-state index in [2.05, 4.69) is 58.1 Å². The minimum atomic E-state index is -0.971. The Morgan fingerprint density at radius 1 is 1.10 bits per heavy atom. The largest absolute Gasteiger partial charge is 0.272 e. The maximum Gasteiger partial charge on any atom is 0.0425 e. The number of hydrogen-bond donors (Lipinski definition) is 0. The monoisotopic (exact) mass is 341 g/mol. The second kappa shape index (κ2) is 14.8. The number of rotatable bonds is 6. The molecule has 0 atom stereocenters. The first-order chi connectivity index (χ1) is 9.67. The van der Waals surface area contributed by atoms with Gasteiger partial charge in [-0.25, -0.2) is 0 Å². The summed E-state index contributed by atoms with van der Waals surface area (Å²) in [5.41, 5.74) is 1.30. The van der Waals surface area contributed by atoms with Gasteiger partial charge in [-0.1, -0.05) is 64.2 Å². The molecule has 0 heterocycles. The standard InChI is InChI=1S/C11H20NP.C7H12.Ti/c1-4-13(5-2,6-3)12-11-9-7-8-10-11;1-3-5-7-6-4-2;/h7-9H,4-6,10H2,1-3H3;3,5-7H,4H2,1-2H3;. The van der Waals surface area contributed by atoms with Gasteiger partial charge in [0.2, 0.25) is 0 Å². The van der Waals surface area contributed by atoms with Crippen LogP contribution >= 0.6 is 7.05 Å². The predicted molar refractivity (Wildman–Crippen MR) is 97.1 cm³/mol. The van der Waals surface area contributed by atoms with E-state index in [-0.39, 0.29) is 21.7 Å². The molecule has 0 radical (unpaired) electrons. The van der Waals surface area contributed by atoms with Gasteiger partial charge in [-0.2, -0.15) is 0 Å². The van der Waals surface area contributed by atoms with Gasteiger partial charge in [-0.3, -0.25) is 4.74 Å². The van der Waals surface area contributed by atoms with Crippen LogP contribution in [0.4, 0.5) is 0 Å². The van der Waals surface area contributed by atoms with E-state index in [0.717, 1.165) is 12.8 Å². The van der Waals surface area contributed by atoms with Crippen LogP contribution in [0.3, 0.4) is 0 Å². The molecule has 1 nitrogen and oxygen atoms in total. The van der Waals surface area contributed by atoms with E-state index in [9.17, 15) is 0 Å². The summed E-state index contributed by atoms with van der Waals surface area (Å²) in [5.74, 6) is 0.